The predicted octanol–water partition coefficient (Wildman–Crippen LogP) is 6.32. The number of carbonyl (C=O) groups is 1. The maximum Gasteiger partial charge on any atom is 0.242 e. The van der Waals surface area contributed by atoms with Gasteiger partial charge in [0.05, 0.1) is 21.5 Å². The molecule has 0 N–H and O–H groups in total. The quantitative estimate of drug-likeness (QED) is 0.224. The molecule has 3 aromatic rings. The highest BCUT2D eigenvalue weighted by molar-refractivity contribution is 8.15. The number of furan rings is 1. The number of amides is 1. The number of carbonyl (C=O) groups excluding carboxylic acids is 1. The van der Waals surface area contributed by atoms with Gasteiger partial charge in [-0.2, -0.15) is 5.10 Å². The van der Waals surface area contributed by atoms with Gasteiger partial charge >= 0.3 is 0 Å². The first-order chi connectivity index (χ1) is 15.5. The van der Waals surface area contributed by atoms with Gasteiger partial charge in [-0.05, 0) is 36.2 Å². The highest BCUT2D eigenvalue weighted by Gasteiger charge is 2.37. The van der Waals surface area contributed by atoms with Crippen molar-refractivity contribution in [3.63, 3.8) is 0 Å². The van der Waals surface area contributed by atoms with Crippen molar-refractivity contribution in [2.24, 2.45) is 10.2 Å². The largest absolute Gasteiger partial charge is 0.455 e. The fourth-order valence-corrected chi connectivity index (χ4v) is 4.67. The summed E-state index contributed by atoms with van der Waals surface area (Å²) in [6.45, 7) is 4.10. The van der Waals surface area contributed by atoms with E-state index >= 15 is 0 Å². The Labute approximate surface area is 200 Å². The fraction of sp³-hybridized carbons (Fsp3) is 0.125. The molecule has 1 aliphatic rings. The normalized spacial score (nSPS) is 17.6. The Bertz CT molecular complexity index is 1190. The summed E-state index contributed by atoms with van der Waals surface area (Å²) in [5, 5.41) is 9.57. The molecular formula is C24H19Cl2N3O2S. The highest BCUT2D eigenvalue weighted by Crippen LogP contribution is 2.31. The van der Waals surface area contributed by atoms with E-state index in [9.17, 15) is 4.79 Å². The average molecular weight is 484 g/mol. The smallest absolute Gasteiger partial charge is 0.242 e. The summed E-state index contributed by atoms with van der Waals surface area (Å²) >= 11 is 13.5. The van der Waals surface area contributed by atoms with Crippen LogP contribution in [0, 0.1) is 0 Å². The lowest BCUT2D eigenvalue weighted by atomic mass is 10.1. The lowest BCUT2D eigenvalue weighted by Gasteiger charge is -2.13. The first-order valence-electron chi connectivity index (χ1n) is 9.84. The zero-order chi connectivity index (χ0) is 22.5. The molecule has 1 aromatic heterocycles. The average Bonchev–Trinajstić information content (AvgIpc) is 3.38. The first-order valence-corrected chi connectivity index (χ1v) is 11.5. The van der Waals surface area contributed by atoms with E-state index in [0.717, 1.165) is 16.9 Å². The standard InChI is InChI=1S/C24H19Cl2N3O2S/c1-2-12-29-23(30)22(14-16-8-10-19(25)20(26)13-16)32-24(29)28-27-15-18-9-11-21(31-18)17-6-4-3-5-7-17/h2-11,13,15,22H,1,12,14H2/b27-15+,28-24+/t22-/m0/s1. The Balaban J connectivity index is 1.48. The molecule has 0 bridgehead atoms. The summed E-state index contributed by atoms with van der Waals surface area (Å²) in [7, 11) is 0. The maximum atomic E-state index is 12.9. The second-order valence-electron chi connectivity index (χ2n) is 6.99. The molecule has 8 heteroatoms. The van der Waals surface area contributed by atoms with Gasteiger partial charge in [-0.3, -0.25) is 9.69 Å². The monoisotopic (exact) mass is 483 g/mol. The number of halogens is 2. The van der Waals surface area contributed by atoms with Crippen molar-refractivity contribution in [2.75, 3.05) is 6.54 Å². The third-order valence-corrected chi connectivity index (χ3v) is 6.65. The zero-order valence-electron chi connectivity index (χ0n) is 16.9. The molecule has 4 rings (SSSR count). The van der Waals surface area contributed by atoms with Crippen molar-refractivity contribution in [1.82, 2.24) is 4.90 Å². The molecule has 1 fully saturated rings. The van der Waals surface area contributed by atoms with Crippen LogP contribution >= 0.6 is 35.0 Å². The van der Waals surface area contributed by atoms with E-state index in [1.165, 1.54) is 18.0 Å². The lowest BCUT2D eigenvalue weighted by Crippen LogP contribution is -2.32. The molecule has 1 saturated heterocycles. The Morgan fingerprint density at radius 2 is 1.91 bits per heavy atom. The van der Waals surface area contributed by atoms with Crippen LogP contribution in [0.2, 0.25) is 10.0 Å². The summed E-state index contributed by atoms with van der Waals surface area (Å²) in [6, 6.07) is 18.9. The van der Waals surface area contributed by atoms with E-state index in [4.69, 9.17) is 27.6 Å². The van der Waals surface area contributed by atoms with E-state index in [-0.39, 0.29) is 11.2 Å². The second-order valence-corrected chi connectivity index (χ2v) is 8.98. The third kappa shape index (κ3) is 5.15. The molecule has 162 valence electrons. The molecule has 1 amide bonds. The Morgan fingerprint density at radius 3 is 2.66 bits per heavy atom. The zero-order valence-corrected chi connectivity index (χ0v) is 19.3. The summed E-state index contributed by atoms with van der Waals surface area (Å²) < 4.78 is 5.81. The molecule has 1 aliphatic heterocycles. The van der Waals surface area contributed by atoms with E-state index in [1.807, 2.05) is 48.5 Å². The number of rotatable bonds is 7. The molecule has 1 atom stereocenters. The van der Waals surface area contributed by atoms with Crippen molar-refractivity contribution in [3.8, 4) is 11.3 Å². The van der Waals surface area contributed by atoms with Crippen molar-refractivity contribution < 1.29 is 9.21 Å². The second kappa shape index (κ2) is 10.2. The van der Waals surface area contributed by atoms with Gasteiger partial charge in [-0.1, -0.05) is 77.4 Å². The molecular weight excluding hydrogens is 465 g/mol. The van der Waals surface area contributed by atoms with Crippen molar-refractivity contribution in [3.05, 3.63) is 94.7 Å². The van der Waals surface area contributed by atoms with Gasteiger partial charge in [0, 0.05) is 12.1 Å². The summed E-state index contributed by atoms with van der Waals surface area (Å²) in [5.74, 6) is 1.28. The molecule has 5 nitrogen and oxygen atoms in total. The summed E-state index contributed by atoms with van der Waals surface area (Å²) in [4.78, 5) is 14.5. The summed E-state index contributed by atoms with van der Waals surface area (Å²) in [5.41, 5.74) is 1.91. The highest BCUT2D eigenvalue weighted by atomic mass is 35.5. The molecule has 2 aromatic carbocycles. The lowest BCUT2D eigenvalue weighted by molar-refractivity contribution is -0.125. The Morgan fingerprint density at radius 1 is 1.09 bits per heavy atom. The van der Waals surface area contributed by atoms with Crippen LogP contribution in [0.3, 0.4) is 0 Å². The molecule has 0 unspecified atom stereocenters. The van der Waals surface area contributed by atoms with Crippen LogP contribution in [-0.2, 0) is 11.2 Å². The van der Waals surface area contributed by atoms with Crippen LogP contribution < -0.4 is 0 Å². The van der Waals surface area contributed by atoms with Crippen molar-refractivity contribution in [1.29, 1.82) is 0 Å². The number of thioether (sulfide) groups is 1. The molecule has 0 aliphatic carbocycles. The van der Waals surface area contributed by atoms with Gasteiger partial charge in [0.1, 0.15) is 11.5 Å². The van der Waals surface area contributed by atoms with E-state index < -0.39 is 0 Å². The number of hydrogen-bond donors (Lipinski definition) is 0. The number of benzene rings is 2. The molecule has 0 spiro atoms. The van der Waals surface area contributed by atoms with Gasteiger partial charge in [0.15, 0.2) is 5.17 Å². The van der Waals surface area contributed by atoms with Crippen LogP contribution in [0.25, 0.3) is 11.3 Å². The minimum Gasteiger partial charge on any atom is -0.455 e. The number of nitrogens with zero attached hydrogens (tertiary/aromatic N) is 3. The van der Waals surface area contributed by atoms with Crippen LogP contribution in [-0.4, -0.2) is 34.0 Å². The molecule has 2 heterocycles. The minimum atomic E-state index is -0.325. The van der Waals surface area contributed by atoms with Crippen LogP contribution in [0.5, 0.6) is 0 Å². The van der Waals surface area contributed by atoms with Gasteiger partial charge in [0.2, 0.25) is 5.91 Å². The molecule has 0 saturated carbocycles. The van der Waals surface area contributed by atoms with Gasteiger partial charge in [0.25, 0.3) is 0 Å². The number of amidine groups is 1. The van der Waals surface area contributed by atoms with Crippen LogP contribution in [0.1, 0.15) is 11.3 Å². The Kier molecular flexibility index (Phi) is 7.15. The minimum absolute atomic E-state index is 0.0423. The Hall–Kier alpha value is -2.80. The summed E-state index contributed by atoms with van der Waals surface area (Å²) in [6.07, 6.45) is 3.70. The van der Waals surface area contributed by atoms with Gasteiger partial charge in [-0.15, -0.1) is 11.7 Å². The maximum absolute atomic E-state index is 12.9. The van der Waals surface area contributed by atoms with E-state index in [2.05, 4.69) is 16.8 Å². The van der Waals surface area contributed by atoms with Crippen molar-refractivity contribution in [2.45, 2.75) is 11.7 Å². The SMILES string of the molecule is C=CCN1C(=O)[C@H](Cc2ccc(Cl)c(Cl)c2)S/C1=N/N=C/c1ccc(-c2ccccc2)o1. The topological polar surface area (TPSA) is 58.2 Å². The first kappa shape index (κ1) is 22.4. The van der Waals surface area contributed by atoms with Crippen molar-refractivity contribution >= 4 is 52.3 Å². The van der Waals surface area contributed by atoms with E-state index in [0.29, 0.717) is 33.9 Å². The fourth-order valence-electron chi connectivity index (χ4n) is 3.21. The third-order valence-electron chi connectivity index (χ3n) is 4.75. The number of hydrogen-bond acceptors (Lipinski definition) is 5. The predicted molar refractivity (Wildman–Crippen MR) is 133 cm³/mol. The van der Waals surface area contributed by atoms with Gasteiger partial charge in [-0.25, -0.2) is 0 Å². The van der Waals surface area contributed by atoms with Crippen LogP contribution in [0.15, 0.2) is 87.9 Å². The van der Waals surface area contributed by atoms with Gasteiger partial charge < -0.3 is 4.42 Å². The van der Waals surface area contributed by atoms with E-state index in [1.54, 1.807) is 23.1 Å². The molecule has 0 radical (unpaired) electrons. The van der Waals surface area contributed by atoms with Crippen LogP contribution in [0.4, 0.5) is 0 Å². The molecule has 32 heavy (non-hydrogen) atoms.